The largest absolute Gasteiger partial charge is 0.441 e. The summed E-state index contributed by atoms with van der Waals surface area (Å²) in [6, 6.07) is 14.2. The fraction of sp³-hybridized carbons (Fsp3) is 0.136. The predicted octanol–water partition coefficient (Wildman–Crippen LogP) is 5.22. The van der Waals surface area contributed by atoms with E-state index in [-0.39, 0.29) is 11.7 Å². The van der Waals surface area contributed by atoms with Gasteiger partial charge in [-0.25, -0.2) is 14.1 Å². The third-order valence-electron chi connectivity index (χ3n) is 5.00. The molecule has 0 aliphatic heterocycles. The first-order valence-corrected chi connectivity index (χ1v) is 10.5. The van der Waals surface area contributed by atoms with Gasteiger partial charge < -0.3 is 8.94 Å². The van der Waals surface area contributed by atoms with E-state index >= 15 is 0 Å². The number of oxazole rings is 1. The lowest BCUT2D eigenvalue weighted by Gasteiger charge is -2.00. The van der Waals surface area contributed by atoms with E-state index in [0.29, 0.717) is 39.8 Å². The summed E-state index contributed by atoms with van der Waals surface area (Å²) < 4.78 is 26.7. The van der Waals surface area contributed by atoms with Crippen LogP contribution in [0.1, 0.15) is 17.1 Å². The molecule has 8 nitrogen and oxygen atoms in total. The van der Waals surface area contributed by atoms with E-state index in [0.717, 1.165) is 17.0 Å². The van der Waals surface area contributed by atoms with E-state index in [9.17, 15) is 4.39 Å². The topological polar surface area (TPSA) is 95.7 Å². The first-order valence-electron chi connectivity index (χ1n) is 9.71. The molecule has 0 saturated carbocycles. The van der Waals surface area contributed by atoms with Gasteiger partial charge in [0.1, 0.15) is 17.3 Å². The van der Waals surface area contributed by atoms with Crippen LogP contribution in [0.2, 0.25) is 0 Å². The third-order valence-corrected chi connectivity index (χ3v) is 5.61. The lowest BCUT2D eigenvalue weighted by atomic mass is 10.2. The summed E-state index contributed by atoms with van der Waals surface area (Å²) in [5, 5.41) is 12.4. The summed E-state index contributed by atoms with van der Waals surface area (Å²) in [4.78, 5) is 9.01. The fourth-order valence-corrected chi connectivity index (χ4v) is 3.58. The van der Waals surface area contributed by atoms with Crippen molar-refractivity contribution in [1.82, 2.24) is 30.1 Å². The van der Waals surface area contributed by atoms with Crippen LogP contribution >= 0.6 is 15.9 Å². The van der Waals surface area contributed by atoms with Gasteiger partial charge in [-0.1, -0.05) is 28.6 Å². The number of benzene rings is 2. The summed E-state index contributed by atoms with van der Waals surface area (Å²) in [6.07, 6.45) is 0. The average molecular weight is 495 g/mol. The monoisotopic (exact) mass is 494 g/mol. The molecule has 3 aromatic heterocycles. The maximum Gasteiger partial charge on any atom is 0.280 e. The lowest BCUT2D eigenvalue weighted by Crippen LogP contribution is -2.05. The number of hydrogen-bond acceptors (Lipinski definition) is 7. The van der Waals surface area contributed by atoms with E-state index in [1.165, 1.54) is 6.07 Å². The molecule has 160 valence electrons. The second kappa shape index (κ2) is 8.12. The Balaban J connectivity index is 1.41. The smallest absolute Gasteiger partial charge is 0.280 e. The second-order valence-electron chi connectivity index (χ2n) is 7.12. The minimum absolute atomic E-state index is 0.228. The van der Waals surface area contributed by atoms with Crippen LogP contribution < -0.4 is 0 Å². The third kappa shape index (κ3) is 3.73. The summed E-state index contributed by atoms with van der Waals surface area (Å²) in [6.45, 7) is 4.11. The van der Waals surface area contributed by atoms with Crippen LogP contribution in [0.3, 0.4) is 0 Å². The molecule has 0 radical (unpaired) electrons. The normalized spacial score (nSPS) is 11.2. The van der Waals surface area contributed by atoms with E-state index < -0.39 is 0 Å². The van der Waals surface area contributed by atoms with Crippen LogP contribution in [-0.2, 0) is 6.54 Å². The van der Waals surface area contributed by atoms with Crippen molar-refractivity contribution in [3.05, 3.63) is 76.0 Å². The van der Waals surface area contributed by atoms with Crippen LogP contribution in [0.15, 0.2) is 61.9 Å². The highest BCUT2D eigenvalue weighted by molar-refractivity contribution is 9.10. The molecule has 0 N–H and O–H groups in total. The Morgan fingerprint density at radius 1 is 1.00 bits per heavy atom. The van der Waals surface area contributed by atoms with Gasteiger partial charge in [-0.3, -0.25) is 0 Å². The number of nitrogens with zero attached hydrogens (tertiary/aromatic N) is 6. The first kappa shape index (κ1) is 20.3. The molecular formula is C22H16BrFN6O2. The van der Waals surface area contributed by atoms with E-state index in [1.807, 2.05) is 44.2 Å². The molecule has 0 amide bonds. The Morgan fingerprint density at radius 2 is 1.81 bits per heavy atom. The zero-order valence-electron chi connectivity index (χ0n) is 17.1. The molecule has 0 spiro atoms. The predicted molar refractivity (Wildman–Crippen MR) is 117 cm³/mol. The number of rotatable bonds is 5. The number of halogens is 2. The van der Waals surface area contributed by atoms with Gasteiger partial charge in [0.15, 0.2) is 5.69 Å². The van der Waals surface area contributed by atoms with E-state index in [2.05, 4.69) is 41.4 Å². The highest BCUT2D eigenvalue weighted by atomic mass is 79.9. The first-order chi connectivity index (χ1) is 15.5. The zero-order chi connectivity index (χ0) is 22.2. The van der Waals surface area contributed by atoms with Crippen molar-refractivity contribution >= 4 is 15.9 Å². The molecule has 3 heterocycles. The molecule has 5 rings (SSSR count). The molecule has 32 heavy (non-hydrogen) atoms. The Hall–Kier alpha value is -3.66. The van der Waals surface area contributed by atoms with Crippen LogP contribution in [0, 0.1) is 19.7 Å². The second-order valence-corrected chi connectivity index (χ2v) is 7.98. The quantitative estimate of drug-likeness (QED) is 0.330. The highest BCUT2D eigenvalue weighted by Crippen LogP contribution is 2.27. The molecule has 0 aliphatic carbocycles. The molecule has 0 atom stereocenters. The van der Waals surface area contributed by atoms with Gasteiger partial charge in [-0.15, -0.1) is 5.10 Å². The van der Waals surface area contributed by atoms with Gasteiger partial charge in [-0.05, 0) is 60.1 Å². The SMILES string of the molecule is Cc1oc(-c2ccccc2)nc1Cn1nnc(-c2nc(-c3ccc(F)c(Br)c3)no2)c1C. The van der Waals surface area contributed by atoms with Crippen LogP contribution in [0.25, 0.3) is 34.4 Å². The summed E-state index contributed by atoms with van der Waals surface area (Å²) >= 11 is 3.16. The molecule has 0 fully saturated rings. The van der Waals surface area contributed by atoms with Gasteiger partial charge in [0.2, 0.25) is 11.7 Å². The molecule has 0 aliphatic rings. The molecule has 10 heteroatoms. The summed E-state index contributed by atoms with van der Waals surface area (Å²) in [5.41, 5.74) is 3.48. The van der Waals surface area contributed by atoms with Crippen molar-refractivity contribution in [2.24, 2.45) is 0 Å². The number of aromatic nitrogens is 6. The maximum atomic E-state index is 13.5. The van der Waals surface area contributed by atoms with Crippen molar-refractivity contribution in [3.8, 4) is 34.4 Å². The van der Waals surface area contributed by atoms with Gasteiger partial charge in [0.05, 0.1) is 16.7 Å². The molecule has 0 unspecified atom stereocenters. The van der Waals surface area contributed by atoms with Gasteiger partial charge in [-0.2, -0.15) is 4.98 Å². The average Bonchev–Trinajstić information content (AvgIpc) is 3.51. The van der Waals surface area contributed by atoms with Gasteiger partial charge >= 0.3 is 0 Å². The van der Waals surface area contributed by atoms with E-state index in [1.54, 1.807) is 16.8 Å². The number of aryl methyl sites for hydroxylation is 1. The van der Waals surface area contributed by atoms with Crippen molar-refractivity contribution < 1.29 is 13.3 Å². The lowest BCUT2D eigenvalue weighted by molar-refractivity contribution is 0.430. The standard InChI is InChI=1S/C22H16BrFN6O2/c1-12-19(22-26-20(28-32-22)15-8-9-17(24)16(23)10-15)27-29-30(12)11-18-13(2)31-21(25-18)14-6-4-3-5-7-14/h3-10H,11H2,1-2H3. The van der Waals surface area contributed by atoms with Crippen molar-refractivity contribution in [1.29, 1.82) is 0 Å². The minimum atomic E-state index is -0.366. The van der Waals surface area contributed by atoms with Crippen LogP contribution in [0.5, 0.6) is 0 Å². The summed E-state index contributed by atoms with van der Waals surface area (Å²) in [7, 11) is 0. The van der Waals surface area contributed by atoms with Crippen LogP contribution in [0.4, 0.5) is 4.39 Å². The van der Waals surface area contributed by atoms with Crippen LogP contribution in [-0.4, -0.2) is 30.1 Å². The minimum Gasteiger partial charge on any atom is -0.441 e. The highest BCUT2D eigenvalue weighted by Gasteiger charge is 2.20. The van der Waals surface area contributed by atoms with E-state index in [4.69, 9.17) is 8.94 Å². The Morgan fingerprint density at radius 3 is 2.59 bits per heavy atom. The summed E-state index contributed by atoms with van der Waals surface area (Å²) in [5.74, 6) is 1.46. The molecule has 2 aromatic carbocycles. The number of hydrogen-bond donors (Lipinski definition) is 0. The Labute approximate surface area is 190 Å². The molecule has 5 aromatic rings. The maximum absolute atomic E-state index is 13.5. The van der Waals surface area contributed by atoms with Crippen molar-refractivity contribution in [2.45, 2.75) is 20.4 Å². The van der Waals surface area contributed by atoms with Crippen molar-refractivity contribution in [3.63, 3.8) is 0 Å². The van der Waals surface area contributed by atoms with Gasteiger partial charge in [0, 0.05) is 11.1 Å². The molecule has 0 saturated heterocycles. The fourth-order valence-electron chi connectivity index (χ4n) is 3.20. The Kier molecular flexibility index (Phi) is 5.14. The van der Waals surface area contributed by atoms with Gasteiger partial charge in [0.25, 0.3) is 5.89 Å². The zero-order valence-corrected chi connectivity index (χ0v) is 18.7. The Bertz CT molecular complexity index is 1410. The molecule has 0 bridgehead atoms. The molecular weight excluding hydrogens is 479 g/mol. The van der Waals surface area contributed by atoms with Crippen molar-refractivity contribution in [2.75, 3.05) is 0 Å².